The van der Waals surface area contributed by atoms with Crippen LogP contribution < -0.4 is 16.0 Å². The lowest BCUT2D eigenvalue weighted by atomic mass is 9.98. The van der Waals surface area contributed by atoms with Crippen LogP contribution in [0, 0.1) is 6.92 Å². The van der Waals surface area contributed by atoms with E-state index < -0.39 is 0 Å². The van der Waals surface area contributed by atoms with Gasteiger partial charge < -0.3 is 10.5 Å². The van der Waals surface area contributed by atoms with Crippen LogP contribution in [-0.4, -0.2) is 16.7 Å². The Balaban J connectivity index is 2.08. The monoisotopic (exact) mass is 385 g/mol. The molecule has 2 N–H and O–H groups in total. The van der Waals surface area contributed by atoms with Crippen LogP contribution in [0.25, 0.3) is 27.6 Å². The van der Waals surface area contributed by atoms with Gasteiger partial charge in [-0.2, -0.15) is 0 Å². The van der Waals surface area contributed by atoms with E-state index in [1.807, 2.05) is 74.5 Å². The van der Waals surface area contributed by atoms with E-state index in [0.717, 1.165) is 33.6 Å². The summed E-state index contributed by atoms with van der Waals surface area (Å²) in [7, 11) is 1.62. The number of rotatable bonds is 4. The molecular weight excluding hydrogens is 362 g/mol. The topological polar surface area (TPSA) is 70.1 Å². The molecule has 146 valence electrons. The number of para-hydroxylation sites is 1. The number of hydrogen-bond donors (Lipinski definition) is 1. The third-order valence-electron chi connectivity index (χ3n) is 5.13. The molecule has 1 atom stereocenters. The van der Waals surface area contributed by atoms with Gasteiger partial charge in [0.15, 0.2) is 0 Å². The Morgan fingerprint density at radius 2 is 1.83 bits per heavy atom. The predicted molar refractivity (Wildman–Crippen MR) is 117 cm³/mol. The second-order valence-corrected chi connectivity index (χ2v) is 7.12. The molecule has 0 saturated heterocycles. The van der Waals surface area contributed by atoms with E-state index in [2.05, 4.69) is 4.98 Å². The first-order valence-corrected chi connectivity index (χ1v) is 9.52. The first kappa shape index (κ1) is 18.9. The molecule has 0 spiro atoms. The zero-order chi connectivity index (χ0) is 20.5. The number of aryl methyl sites for hydroxylation is 1. The summed E-state index contributed by atoms with van der Waals surface area (Å²) in [5.41, 5.74) is 10.1. The van der Waals surface area contributed by atoms with Crippen LogP contribution in [0.4, 0.5) is 0 Å². The summed E-state index contributed by atoms with van der Waals surface area (Å²) >= 11 is 0. The number of nitrogens with two attached hydrogens (primary N) is 1. The van der Waals surface area contributed by atoms with Crippen molar-refractivity contribution < 1.29 is 4.74 Å². The van der Waals surface area contributed by atoms with Gasteiger partial charge in [0.25, 0.3) is 5.56 Å². The third kappa shape index (κ3) is 3.30. The molecule has 2 heterocycles. The Kier molecular flexibility index (Phi) is 4.91. The van der Waals surface area contributed by atoms with Crippen LogP contribution in [0.2, 0.25) is 0 Å². The van der Waals surface area contributed by atoms with Crippen molar-refractivity contribution in [3.63, 3.8) is 0 Å². The zero-order valence-corrected chi connectivity index (χ0v) is 16.7. The number of nitrogens with zero attached hydrogens (tertiary/aromatic N) is 2. The fourth-order valence-corrected chi connectivity index (χ4v) is 3.67. The van der Waals surface area contributed by atoms with E-state index in [1.165, 1.54) is 0 Å². The normalized spacial score (nSPS) is 12.1. The van der Waals surface area contributed by atoms with E-state index in [4.69, 9.17) is 10.5 Å². The number of benzene rings is 2. The van der Waals surface area contributed by atoms with Crippen LogP contribution >= 0.6 is 0 Å². The molecule has 4 aromatic rings. The number of fused-ring (bicyclic) bond motifs is 1. The Labute approximate surface area is 169 Å². The SMILES string of the molecule is COc1cc(-c2cccc3cc(C(C)N)n(-c4ccccc4)c(=O)c23)cnc1C. The first-order valence-electron chi connectivity index (χ1n) is 9.52. The van der Waals surface area contributed by atoms with Crippen molar-refractivity contribution in [1.82, 2.24) is 9.55 Å². The van der Waals surface area contributed by atoms with Gasteiger partial charge in [-0.15, -0.1) is 0 Å². The van der Waals surface area contributed by atoms with E-state index in [9.17, 15) is 4.79 Å². The molecule has 0 aliphatic carbocycles. The summed E-state index contributed by atoms with van der Waals surface area (Å²) < 4.78 is 7.13. The third-order valence-corrected chi connectivity index (χ3v) is 5.13. The first-order chi connectivity index (χ1) is 14.0. The lowest BCUT2D eigenvalue weighted by molar-refractivity contribution is 0.409. The van der Waals surface area contributed by atoms with Crippen molar-refractivity contribution >= 4 is 10.8 Å². The molecule has 2 aromatic heterocycles. The molecular formula is C24H23N3O2. The van der Waals surface area contributed by atoms with Gasteiger partial charge in [0, 0.05) is 29.2 Å². The summed E-state index contributed by atoms with van der Waals surface area (Å²) in [4.78, 5) is 18.2. The Bertz CT molecular complexity index is 1240. The quantitative estimate of drug-likeness (QED) is 0.566. The Morgan fingerprint density at radius 3 is 2.52 bits per heavy atom. The van der Waals surface area contributed by atoms with Gasteiger partial charge in [-0.3, -0.25) is 14.3 Å². The van der Waals surface area contributed by atoms with Gasteiger partial charge in [-0.1, -0.05) is 36.4 Å². The van der Waals surface area contributed by atoms with Gasteiger partial charge in [-0.05, 0) is 49.1 Å². The van der Waals surface area contributed by atoms with Gasteiger partial charge >= 0.3 is 0 Å². The summed E-state index contributed by atoms with van der Waals surface area (Å²) in [6.45, 7) is 3.78. The Hall–Kier alpha value is -3.44. The van der Waals surface area contributed by atoms with Crippen LogP contribution in [0.3, 0.4) is 0 Å². The number of hydrogen-bond acceptors (Lipinski definition) is 4. The smallest absolute Gasteiger partial charge is 0.263 e. The number of ether oxygens (including phenoxy) is 1. The summed E-state index contributed by atoms with van der Waals surface area (Å²) in [5, 5.41) is 1.49. The van der Waals surface area contributed by atoms with Crippen LogP contribution in [0.15, 0.2) is 71.7 Å². The molecule has 1 unspecified atom stereocenters. The lowest BCUT2D eigenvalue weighted by Gasteiger charge is -2.18. The van der Waals surface area contributed by atoms with Crippen LogP contribution in [0.1, 0.15) is 24.4 Å². The predicted octanol–water partition coefficient (Wildman–Crippen LogP) is 4.39. The van der Waals surface area contributed by atoms with E-state index in [0.29, 0.717) is 11.1 Å². The van der Waals surface area contributed by atoms with Gasteiger partial charge in [0.05, 0.1) is 18.2 Å². The van der Waals surface area contributed by atoms with Crippen molar-refractivity contribution in [3.8, 4) is 22.6 Å². The molecule has 0 saturated carbocycles. The molecule has 0 aliphatic rings. The Morgan fingerprint density at radius 1 is 1.07 bits per heavy atom. The van der Waals surface area contributed by atoms with E-state index in [1.54, 1.807) is 17.9 Å². The van der Waals surface area contributed by atoms with Crippen molar-refractivity contribution in [2.75, 3.05) is 7.11 Å². The minimum Gasteiger partial charge on any atom is -0.495 e. The van der Waals surface area contributed by atoms with E-state index in [-0.39, 0.29) is 11.6 Å². The average molecular weight is 385 g/mol. The maximum Gasteiger partial charge on any atom is 0.263 e. The van der Waals surface area contributed by atoms with Crippen molar-refractivity contribution in [1.29, 1.82) is 0 Å². The molecule has 5 heteroatoms. The van der Waals surface area contributed by atoms with Gasteiger partial charge in [0.1, 0.15) is 5.75 Å². The largest absolute Gasteiger partial charge is 0.495 e. The maximum atomic E-state index is 13.7. The summed E-state index contributed by atoms with van der Waals surface area (Å²) in [6, 6.07) is 19.0. The van der Waals surface area contributed by atoms with E-state index >= 15 is 0 Å². The summed E-state index contributed by atoms with van der Waals surface area (Å²) in [6.07, 6.45) is 1.78. The molecule has 4 rings (SSSR count). The minimum atomic E-state index is -0.294. The van der Waals surface area contributed by atoms with Gasteiger partial charge in [-0.25, -0.2) is 0 Å². The molecule has 0 aliphatic heterocycles. The fraction of sp³-hybridized carbons (Fsp3) is 0.167. The van der Waals surface area contributed by atoms with Crippen LogP contribution in [0.5, 0.6) is 5.75 Å². The number of pyridine rings is 2. The van der Waals surface area contributed by atoms with Crippen molar-refractivity contribution in [2.24, 2.45) is 5.73 Å². The molecule has 29 heavy (non-hydrogen) atoms. The second kappa shape index (κ2) is 7.53. The van der Waals surface area contributed by atoms with Crippen molar-refractivity contribution in [2.45, 2.75) is 19.9 Å². The van der Waals surface area contributed by atoms with Crippen molar-refractivity contribution in [3.05, 3.63) is 88.6 Å². The standard InChI is InChI=1S/C24H23N3O2/c1-15(25)21-12-17-8-7-11-20(18-13-22(29-3)16(2)26-14-18)23(17)24(28)27(21)19-9-5-4-6-10-19/h4-15H,25H2,1-3H3. The second-order valence-electron chi connectivity index (χ2n) is 7.12. The number of methoxy groups -OCH3 is 1. The molecule has 0 fully saturated rings. The molecule has 2 aromatic carbocycles. The van der Waals surface area contributed by atoms with Crippen LogP contribution in [-0.2, 0) is 0 Å². The van der Waals surface area contributed by atoms with Gasteiger partial charge in [0.2, 0.25) is 0 Å². The minimum absolute atomic E-state index is 0.101. The molecule has 5 nitrogen and oxygen atoms in total. The highest BCUT2D eigenvalue weighted by atomic mass is 16.5. The maximum absolute atomic E-state index is 13.7. The average Bonchev–Trinajstić information content (AvgIpc) is 2.74. The highest BCUT2D eigenvalue weighted by molar-refractivity contribution is 5.96. The molecule has 0 amide bonds. The number of aromatic nitrogens is 2. The lowest BCUT2D eigenvalue weighted by Crippen LogP contribution is -2.26. The molecule has 0 radical (unpaired) electrons. The highest BCUT2D eigenvalue weighted by Crippen LogP contribution is 2.31. The highest BCUT2D eigenvalue weighted by Gasteiger charge is 2.17. The zero-order valence-electron chi connectivity index (χ0n) is 16.7. The fourth-order valence-electron chi connectivity index (χ4n) is 3.67. The molecule has 0 bridgehead atoms. The summed E-state index contributed by atoms with van der Waals surface area (Å²) in [5.74, 6) is 0.690.